The summed E-state index contributed by atoms with van der Waals surface area (Å²) in [5.41, 5.74) is 6.87. The molecule has 0 saturated heterocycles. The molecule has 0 aliphatic heterocycles. The summed E-state index contributed by atoms with van der Waals surface area (Å²) in [6.07, 6.45) is 0.724. The quantitative estimate of drug-likeness (QED) is 0.761. The highest BCUT2D eigenvalue weighted by molar-refractivity contribution is 9.10. The van der Waals surface area contributed by atoms with Crippen LogP contribution in [0.15, 0.2) is 29.3 Å². The van der Waals surface area contributed by atoms with Crippen LogP contribution in [0.3, 0.4) is 0 Å². The van der Waals surface area contributed by atoms with E-state index in [0.717, 1.165) is 10.0 Å². The van der Waals surface area contributed by atoms with Gasteiger partial charge in [0.25, 0.3) is 0 Å². The summed E-state index contributed by atoms with van der Waals surface area (Å²) in [4.78, 5) is 0. The fourth-order valence-electron chi connectivity index (χ4n) is 0.992. The highest BCUT2D eigenvalue weighted by Crippen LogP contribution is 2.20. The third-order valence-electron chi connectivity index (χ3n) is 1.59. The number of benzene rings is 1. The maximum atomic E-state index is 9.14. The van der Waals surface area contributed by atoms with E-state index in [9.17, 15) is 0 Å². The molecule has 1 rings (SSSR count). The molecule has 2 nitrogen and oxygen atoms in total. The summed E-state index contributed by atoms with van der Waals surface area (Å²) in [6.45, 7) is 3.63. The van der Waals surface area contributed by atoms with Gasteiger partial charge >= 0.3 is 0 Å². The van der Waals surface area contributed by atoms with E-state index in [0.29, 0.717) is 5.56 Å². The van der Waals surface area contributed by atoms with Gasteiger partial charge in [-0.05, 0) is 17.7 Å². The Morgan fingerprint density at radius 3 is 2.75 bits per heavy atom. The number of halogens is 1. The van der Waals surface area contributed by atoms with Crippen molar-refractivity contribution in [3.8, 4) is 0 Å². The second-order valence-electron chi connectivity index (χ2n) is 2.42. The van der Waals surface area contributed by atoms with Gasteiger partial charge in [0.1, 0.15) is 6.23 Å². The summed E-state index contributed by atoms with van der Waals surface area (Å²) < 4.78 is 0.946. The smallest absolute Gasteiger partial charge is 0.129 e. The summed E-state index contributed by atoms with van der Waals surface area (Å²) in [7, 11) is 0. The molecule has 12 heavy (non-hydrogen) atoms. The predicted molar refractivity (Wildman–Crippen MR) is 53.4 cm³/mol. The second-order valence-corrected chi connectivity index (χ2v) is 3.34. The van der Waals surface area contributed by atoms with Crippen molar-refractivity contribution in [2.75, 3.05) is 0 Å². The average molecular weight is 228 g/mol. The van der Waals surface area contributed by atoms with E-state index in [1.807, 2.05) is 12.1 Å². The number of aliphatic hydroxyl groups is 1. The van der Waals surface area contributed by atoms with E-state index in [1.54, 1.807) is 12.1 Å². The standard InChI is InChI=1S/C9H10BrNO/c1-2-6-5-7(10)3-4-8(6)9(11)12/h2-5,9,12H,1,11H2. The lowest BCUT2D eigenvalue weighted by atomic mass is 10.1. The fourth-order valence-corrected chi connectivity index (χ4v) is 1.37. The van der Waals surface area contributed by atoms with E-state index in [-0.39, 0.29) is 0 Å². The van der Waals surface area contributed by atoms with E-state index in [2.05, 4.69) is 22.5 Å². The highest BCUT2D eigenvalue weighted by Gasteiger charge is 2.05. The number of hydrogen-bond donors (Lipinski definition) is 2. The molecule has 0 radical (unpaired) electrons. The van der Waals surface area contributed by atoms with Crippen molar-refractivity contribution < 1.29 is 5.11 Å². The zero-order valence-corrected chi connectivity index (χ0v) is 8.08. The average Bonchev–Trinajstić information content (AvgIpc) is 2.03. The topological polar surface area (TPSA) is 46.2 Å². The Morgan fingerprint density at radius 1 is 1.58 bits per heavy atom. The summed E-state index contributed by atoms with van der Waals surface area (Å²) >= 11 is 3.32. The summed E-state index contributed by atoms with van der Waals surface area (Å²) in [6, 6.07) is 5.46. The molecule has 0 saturated carbocycles. The molecule has 0 heterocycles. The van der Waals surface area contributed by atoms with Gasteiger partial charge in [0.15, 0.2) is 0 Å². The second kappa shape index (κ2) is 3.85. The van der Waals surface area contributed by atoms with Crippen LogP contribution < -0.4 is 5.73 Å². The third-order valence-corrected chi connectivity index (χ3v) is 2.08. The van der Waals surface area contributed by atoms with Gasteiger partial charge in [-0.15, -0.1) is 0 Å². The van der Waals surface area contributed by atoms with Gasteiger partial charge in [-0.2, -0.15) is 0 Å². The molecule has 0 bridgehead atoms. The number of rotatable bonds is 2. The van der Waals surface area contributed by atoms with Gasteiger partial charge in [0, 0.05) is 10.0 Å². The van der Waals surface area contributed by atoms with Crippen LogP contribution in [0.5, 0.6) is 0 Å². The number of nitrogens with two attached hydrogens (primary N) is 1. The first kappa shape index (κ1) is 9.45. The van der Waals surface area contributed by atoms with Crippen LogP contribution >= 0.6 is 15.9 Å². The normalized spacial score (nSPS) is 12.6. The van der Waals surface area contributed by atoms with Crippen molar-refractivity contribution in [2.24, 2.45) is 5.73 Å². The Morgan fingerprint density at radius 2 is 2.25 bits per heavy atom. The van der Waals surface area contributed by atoms with Gasteiger partial charge in [-0.3, -0.25) is 0 Å². The minimum Gasteiger partial charge on any atom is -0.375 e. The molecule has 0 amide bonds. The lowest BCUT2D eigenvalue weighted by Gasteiger charge is -2.08. The van der Waals surface area contributed by atoms with Crippen LogP contribution in [0.4, 0.5) is 0 Å². The first-order valence-corrected chi connectivity index (χ1v) is 4.30. The van der Waals surface area contributed by atoms with Crippen LogP contribution in [0.25, 0.3) is 6.08 Å². The van der Waals surface area contributed by atoms with Gasteiger partial charge < -0.3 is 10.8 Å². The van der Waals surface area contributed by atoms with E-state index < -0.39 is 6.23 Å². The van der Waals surface area contributed by atoms with E-state index >= 15 is 0 Å². The molecule has 3 heteroatoms. The molecule has 0 fully saturated rings. The molecule has 0 aromatic heterocycles. The monoisotopic (exact) mass is 227 g/mol. The molecular formula is C9H10BrNO. The van der Waals surface area contributed by atoms with E-state index in [1.165, 1.54) is 0 Å². The Bertz CT molecular complexity index is 297. The molecule has 3 N–H and O–H groups in total. The van der Waals surface area contributed by atoms with Crippen molar-refractivity contribution in [3.05, 3.63) is 40.4 Å². The Kier molecular flexibility index (Phi) is 3.03. The lowest BCUT2D eigenvalue weighted by Crippen LogP contribution is -2.09. The van der Waals surface area contributed by atoms with Gasteiger partial charge in [-0.25, -0.2) is 0 Å². The highest BCUT2D eigenvalue weighted by atomic mass is 79.9. The lowest BCUT2D eigenvalue weighted by molar-refractivity contribution is 0.186. The van der Waals surface area contributed by atoms with Crippen molar-refractivity contribution >= 4 is 22.0 Å². The zero-order valence-electron chi connectivity index (χ0n) is 6.50. The molecule has 0 aliphatic rings. The summed E-state index contributed by atoms with van der Waals surface area (Å²) in [5.74, 6) is 0. The Balaban J connectivity index is 3.20. The molecule has 1 aromatic rings. The first-order chi connectivity index (χ1) is 5.65. The van der Waals surface area contributed by atoms with Gasteiger partial charge in [0.2, 0.25) is 0 Å². The van der Waals surface area contributed by atoms with Crippen molar-refractivity contribution in [1.82, 2.24) is 0 Å². The predicted octanol–water partition coefficient (Wildman–Crippen LogP) is 2.04. The van der Waals surface area contributed by atoms with Crippen LogP contribution in [0, 0.1) is 0 Å². The minimum absolute atomic E-state index is 0.688. The molecule has 1 unspecified atom stereocenters. The maximum Gasteiger partial charge on any atom is 0.129 e. The van der Waals surface area contributed by atoms with Crippen molar-refractivity contribution in [3.63, 3.8) is 0 Å². The molecule has 64 valence electrons. The first-order valence-electron chi connectivity index (χ1n) is 3.50. The molecule has 0 aliphatic carbocycles. The Hall–Kier alpha value is -0.640. The molecule has 1 atom stereocenters. The van der Waals surface area contributed by atoms with Crippen molar-refractivity contribution in [2.45, 2.75) is 6.23 Å². The van der Waals surface area contributed by atoms with E-state index in [4.69, 9.17) is 10.8 Å². The minimum atomic E-state index is -0.939. The van der Waals surface area contributed by atoms with Crippen LogP contribution in [0.1, 0.15) is 17.4 Å². The number of hydrogen-bond acceptors (Lipinski definition) is 2. The maximum absolute atomic E-state index is 9.14. The molecular weight excluding hydrogens is 218 g/mol. The fraction of sp³-hybridized carbons (Fsp3) is 0.111. The summed E-state index contributed by atoms with van der Waals surface area (Å²) in [5, 5.41) is 9.14. The SMILES string of the molecule is C=Cc1cc(Br)ccc1C(N)O. The van der Waals surface area contributed by atoms with Gasteiger partial charge in [0.05, 0.1) is 0 Å². The largest absolute Gasteiger partial charge is 0.375 e. The van der Waals surface area contributed by atoms with Crippen LogP contribution in [0.2, 0.25) is 0 Å². The van der Waals surface area contributed by atoms with Crippen molar-refractivity contribution in [1.29, 1.82) is 0 Å². The Labute approximate surface area is 79.8 Å². The van der Waals surface area contributed by atoms with Crippen LogP contribution in [-0.4, -0.2) is 5.11 Å². The van der Waals surface area contributed by atoms with Gasteiger partial charge in [-0.1, -0.05) is 34.7 Å². The molecule has 0 spiro atoms. The zero-order chi connectivity index (χ0) is 9.14. The number of aliphatic hydroxyl groups excluding tert-OH is 1. The molecule has 1 aromatic carbocycles. The third kappa shape index (κ3) is 1.94. The van der Waals surface area contributed by atoms with Crippen LogP contribution in [-0.2, 0) is 0 Å².